The maximum atomic E-state index is 13.2. The summed E-state index contributed by atoms with van der Waals surface area (Å²) >= 11 is 0. The zero-order chi connectivity index (χ0) is 20.0. The predicted molar refractivity (Wildman–Crippen MR) is 110 cm³/mol. The highest BCUT2D eigenvalue weighted by molar-refractivity contribution is 5.89. The number of anilines is 1. The lowest BCUT2D eigenvalue weighted by Crippen LogP contribution is -2.32. The number of fused-ring (bicyclic) bond motifs is 2. The van der Waals surface area contributed by atoms with Crippen LogP contribution in [0.15, 0.2) is 71.7 Å². The average molecular weight is 387 g/mol. The number of nitrogens with zero attached hydrogens (tertiary/aromatic N) is 3. The number of hydrogen-bond acceptors (Lipinski definition) is 4. The van der Waals surface area contributed by atoms with Gasteiger partial charge in [0.05, 0.1) is 5.69 Å². The summed E-state index contributed by atoms with van der Waals surface area (Å²) < 4.78 is 13.8. The summed E-state index contributed by atoms with van der Waals surface area (Å²) in [6.45, 7) is 1.41. The van der Waals surface area contributed by atoms with Crippen molar-refractivity contribution in [3.63, 3.8) is 0 Å². The van der Waals surface area contributed by atoms with Gasteiger partial charge in [-0.1, -0.05) is 24.3 Å². The molecule has 5 rings (SSSR count). The molecule has 0 unspecified atom stereocenters. The molecule has 2 aromatic heterocycles. The molecule has 5 nitrogen and oxygen atoms in total. The molecular weight excluding hydrogens is 369 g/mol. The molecule has 0 amide bonds. The minimum absolute atomic E-state index is 0.251. The molecule has 0 spiro atoms. The van der Waals surface area contributed by atoms with Gasteiger partial charge in [-0.15, -0.1) is 4.73 Å². The maximum Gasteiger partial charge on any atom is 0.286 e. The van der Waals surface area contributed by atoms with E-state index >= 15 is 0 Å². The van der Waals surface area contributed by atoms with E-state index in [0.717, 1.165) is 35.2 Å². The third-order valence-corrected chi connectivity index (χ3v) is 5.47. The molecule has 0 atom stereocenters. The second-order valence-electron chi connectivity index (χ2n) is 7.22. The largest absolute Gasteiger partial charge is 0.423 e. The van der Waals surface area contributed by atoms with Crippen LogP contribution in [-0.4, -0.2) is 21.5 Å². The molecule has 1 aliphatic heterocycles. The Hall–Kier alpha value is -3.67. The van der Waals surface area contributed by atoms with Crippen molar-refractivity contribution >= 4 is 16.7 Å². The van der Waals surface area contributed by atoms with Crippen LogP contribution in [0.5, 0.6) is 0 Å². The first-order valence-electron chi connectivity index (χ1n) is 9.43. The first-order chi connectivity index (χ1) is 14.1. The molecular formula is C23H18FN3O2. The van der Waals surface area contributed by atoms with E-state index in [1.54, 1.807) is 24.4 Å². The molecule has 3 heterocycles. The fourth-order valence-electron chi connectivity index (χ4n) is 3.97. The Bertz CT molecular complexity index is 1280. The number of halogens is 1. The minimum atomic E-state index is -0.503. The topological polar surface area (TPSA) is 58.4 Å². The summed E-state index contributed by atoms with van der Waals surface area (Å²) in [7, 11) is 0. The van der Waals surface area contributed by atoms with Crippen molar-refractivity contribution in [3.05, 3.63) is 94.2 Å². The smallest absolute Gasteiger partial charge is 0.286 e. The van der Waals surface area contributed by atoms with Crippen molar-refractivity contribution in [2.75, 3.05) is 11.4 Å². The summed E-state index contributed by atoms with van der Waals surface area (Å²) in [4.78, 5) is 18.5. The highest BCUT2D eigenvalue weighted by Crippen LogP contribution is 2.31. The number of rotatable bonds is 2. The Morgan fingerprint density at radius 2 is 1.76 bits per heavy atom. The van der Waals surface area contributed by atoms with Crippen molar-refractivity contribution in [2.45, 2.75) is 13.0 Å². The monoisotopic (exact) mass is 387 g/mol. The Labute approximate surface area is 166 Å². The van der Waals surface area contributed by atoms with E-state index in [0.29, 0.717) is 11.3 Å². The lowest BCUT2D eigenvalue weighted by atomic mass is 9.94. The van der Waals surface area contributed by atoms with Crippen molar-refractivity contribution in [2.24, 2.45) is 0 Å². The van der Waals surface area contributed by atoms with Crippen LogP contribution in [0, 0.1) is 5.82 Å². The SMILES string of the molecule is O=c1cc(N2CCc3ccc(-c4ccc(F)cc4)cc3C2)c2cccnc2n1O. The third-order valence-electron chi connectivity index (χ3n) is 5.47. The Morgan fingerprint density at radius 1 is 0.966 bits per heavy atom. The molecule has 4 aromatic rings. The van der Waals surface area contributed by atoms with Crippen molar-refractivity contribution in [3.8, 4) is 11.1 Å². The highest BCUT2D eigenvalue weighted by Gasteiger charge is 2.21. The summed E-state index contributed by atoms with van der Waals surface area (Å²) in [6, 6.07) is 17.9. The number of pyridine rings is 2. The van der Waals surface area contributed by atoms with E-state index in [9.17, 15) is 14.4 Å². The molecule has 144 valence electrons. The second-order valence-corrected chi connectivity index (χ2v) is 7.22. The number of hydrogen-bond donors (Lipinski definition) is 1. The Balaban J connectivity index is 1.55. The van der Waals surface area contributed by atoms with E-state index < -0.39 is 5.56 Å². The molecule has 0 bridgehead atoms. The second kappa shape index (κ2) is 6.74. The predicted octanol–water partition coefficient (Wildman–Crippen LogP) is 4.00. The standard InChI is InChI=1S/C23H18FN3O2/c24-19-7-5-15(6-8-19)17-4-3-16-9-11-26(14-18(16)12-17)21-13-22(28)27(29)23-20(21)2-1-10-25-23/h1-8,10,12-13,29H,9,11,14H2. The average Bonchev–Trinajstić information content (AvgIpc) is 2.76. The van der Waals surface area contributed by atoms with Gasteiger partial charge < -0.3 is 10.1 Å². The first-order valence-corrected chi connectivity index (χ1v) is 9.43. The van der Waals surface area contributed by atoms with Crippen LogP contribution < -0.4 is 10.5 Å². The fraction of sp³-hybridized carbons (Fsp3) is 0.130. The molecule has 0 saturated carbocycles. The summed E-state index contributed by atoms with van der Waals surface area (Å²) in [5, 5.41) is 10.7. The summed E-state index contributed by atoms with van der Waals surface area (Å²) in [5.74, 6) is -0.253. The van der Waals surface area contributed by atoms with E-state index in [1.165, 1.54) is 29.3 Å². The summed E-state index contributed by atoms with van der Waals surface area (Å²) in [6.07, 6.45) is 2.40. The normalized spacial score (nSPS) is 13.5. The molecule has 2 aromatic carbocycles. The van der Waals surface area contributed by atoms with E-state index in [4.69, 9.17) is 0 Å². The maximum absolute atomic E-state index is 13.2. The van der Waals surface area contributed by atoms with Gasteiger partial charge in [-0.25, -0.2) is 9.37 Å². The highest BCUT2D eigenvalue weighted by atomic mass is 19.1. The fourth-order valence-corrected chi connectivity index (χ4v) is 3.97. The van der Waals surface area contributed by atoms with Crippen LogP contribution in [0.2, 0.25) is 0 Å². The molecule has 1 N–H and O–H groups in total. The van der Waals surface area contributed by atoms with Gasteiger partial charge >= 0.3 is 0 Å². The van der Waals surface area contributed by atoms with Crippen LogP contribution in [0.1, 0.15) is 11.1 Å². The van der Waals surface area contributed by atoms with Crippen molar-refractivity contribution in [1.29, 1.82) is 0 Å². The van der Waals surface area contributed by atoms with Gasteiger partial charge in [0.2, 0.25) is 0 Å². The van der Waals surface area contributed by atoms with Gasteiger partial charge in [-0.05, 0) is 59.0 Å². The lowest BCUT2D eigenvalue weighted by Gasteiger charge is -2.31. The van der Waals surface area contributed by atoms with Crippen LogP contribution in [0.4, 0.5) is 10.1 Å². The van der Waals surface area contributed by atoms with Crippen LogP contribution in [0.3, 0.4) is 0 Å². The van der Waals surface area contributed by atoms with Gasteiger partial charge in [0.25, 0.3) is 5.56 Å². The van der Waals surface area contributed by atoms with E-state index in [2.05, 4.69) is 28.1 Å². The molecule has 0 fully saturated rings. The molecule has 0 saturated heterocycles. The molecule has 0 aliphatic carbocycles. The zero-order valence-corrected chi connectivity index (χ0v) is 15.5. The lowest BCUT2D eigenvalue weighted by molar-refractivity contribution is 0.186. The minimum Gasteiger partial charge on any atom is -0.423 e. The van der Waals surface area contributed by atoms with Gasteiger partial charge in [0.15, 0.2) is 5.65 Å². The third kappa shape index (κ3) is 3.02. The van der Waals surface area contributed by atoms with Crippen LogP contribution >= 0.6 is 0 Å². The zero-order valence-electron chi connectivity index (χ0n) is 15.5. The van der Waals surface area contributed by atoms with E-state index in [1.807, 2.05) is 6.07 Å². The van der Waals surface area contributed by atoms with Gasteiger partial charge in [-0.2, -0.15) is 0 Å². The molecule has 29 heavy (non-hydrogen) atoms. The van der Waals surface area contributed by atoms with E-state index in [-0.39, 0.29) is 11.5 Å². The summed E-state index contributed by atoms with van der Waals surface area (Å²) in [5.41, 5.74) is 4.94. The number of aromatic nitrogens is 2. The molecule has 1 aliphatic rings. The van der Waals surface area contributed by atoms with Crippen molar-refractivity contribution < 1.29 is 9.60 Å². The molecule has 0 radical (unpaired) electrons. The van der Waals surface area contributed by atoms with Crippen molar-refractivity contribution in [1.82, 2.24) is 9.71 Å². The van der Waals surface area contributed by atoms with Gasteiger partial charge in [0.1, 0.15) is 5.82 Å². The number of benzene rings is 2. The molecule has 6 heteroatoms. The van der Waals surface area contributed by atoms with Crippen LogP contribution in [-0.2, 0) is 13.0 Å². The quantitative estimate of drug-likeness (QED) is 0.528. The Morgan fingerprint density at radius 3 is 2.59 bits per heavy atom. The first kappa shape index (κ1) is 17.4. The Kier molecular flexibility index (Phi) is 4.05. The van der Waals surface area contributed by atoms with Crippen LogP contribution in [0.25, 0.3) is 22.2 Å². The van der Waals surface area contributed by atoms with Gasteiger partial charge in [0, 0.05) is 30.7 Å². The van der Waals surface area contributed by atoms with Gasteiger partial charge in [-0.3, -0.25) is 4.79 Å².